The van der Waals surface area contributed by atoms with Gasteiger partial charge in [-0.25, -0.2) is 9.18 Å². The molecule has 0 bridgehead atoms. The Morgan fingerprint density at radius 3 is 2.50 bits per heavy atom. The van der Waals surface area contributed by atoms with Gasteiger partial charge < -0.3 is 15.3 Å². The average Bonchev–Trinajstić information content (AvgIpc) is 2.95. The van der Waals surface area contributed by atoms with Crippen LogP contribution in [-0.4, -0.2) is 47.9 Å². The number of hydrogen-bond acceptors (Lipinski definition) is 2. The number of aliphatic hydroxyl groups is 1. The first-order valence-electron chi connectivity index (χ1n) is 7.64. The molecule has 8 heteroatoms. The maximum Gasteiger partial charge on any atom is 0.416 e. The number of rotatable bonds is 4. The lowest BCUT2D eigenvalue weighted by Gasteiger charge is -2.21. The van der Waals surface area contributed by atoms with Crippen LogP contribution in [0.15, 0.2) is 24.3 Å². The van der Waals surface area contributed by atoms with Gasteiger partial charge in [0.15, 0.2) is 5.67 Å². The van der Waals surface area contributed by atoms with Crippen molar-refractivity contribution in [2.45, 2.75) is 31.1 Å². The highest BCUT2D eigenvalue weighted by atomic mass is 19.4. The molecule has 0 saturated carbocycles. The van der Waals surface area contributed by atoms with Crippen molar-refractivity contribution in [1.82, 2.24) is 10.2 Å². The molecule has 2 amide bonds. The van der Waals surface area contributed by atoms with Crippen LogP contribution < -0.4 is 5.32 Å². The van der Waals surface area contributed by atoms with Crippen LogP contribution >= 0.6 is 0 Å². The number of urea groups is 1. The van der Waals surface area contributed by atoms with E-state index in [1.807, 2.05) is 0 Å². The lowest BCUT2D eigenvalue weighted by atomic mass is 10.00. The van der Waals surface area contributed by atoms with Gasteiger partial charge >= 0.3 is 12.2 Å². The normalized spacial score (nSPS) is 22.5. The van der Waals surface area contributed by atoms with Crippen LogP contribution in [0.3, 0.4) is 0 Å². The van der Waals surface area contributed by atoms with Gasteiger partial charge in [-0.15, -0.1) is 0 Å². The first kappa shape index (κ1) is 18.5. The molecule has 0 spiro atoms. The fourth-order valence-corrected chi connectivity index (χ4v) is 2.61. The molecule has 1 aliphatic rings. The predicted molar refractivity (Wildman–Crippen MR) is 80.4 cm³/mol. The van der Waals surface area contributed by atoms with Crippen molar-refractivity contribution in [3.8, 4) is 0 Å². The van der Waals surface area contributed by atoms with Crippen molar-refractivity contribution < 1.29 is 27.5 Å². The molecule has 1 heterocycles. The molecule has 1 aromatic rings. The highest BCUT2D eigenvalue weighted by Gasteiger charge is 2.39. The zero-order chi connectivity index (χ0) is 18.0. The summed E-state index contributed by atoms with van der Waals surface area (Å²) in [5, 5.41) is 11.6. The zero-order valence-corrected chi connectivity index (χ0v) is 13.2. The van der Waals surface area contributed by atoms with E-state index in [-0.39, 0.29) is 32.0 Å². The molecule has 0 aliphatic carbocycles. The Morgan fingerprint density at radius 2 is 2.00 bits per heavy atom. The highest BCUT2D eigenvalue weighted by molar-refractivity contribution is 5.74. The number of alkyl halides is 4. The first-order valence-corrected chi connectivity index (χ1v) is 7.64. The Bertz CT molecular complexity index is 576. The molecule has 1 fully saturated rings. The van der Waals surface area contributed by atoms with Gasteiger partial charge in [-0.1, -0.05) is 19.1 Å². The largest absolute Gasteiger partial charge is 0.416 e. The lowest BCUT2D eigenvalue weighted by Crippen LogP contribution is -2.42. The summed E-state index contributed by atoms with van der Waals surface area (Å²) in [5.74, 6) is -0.188. The Balaban J connectivity index is 1.87. The molecule has 2 unspecified atom stereocenters. The highest BCUT2D eigenvalue weighted by Crippen LogP contribution is 2.30. The van der Waals surface area contributed by atoms with Crippen molar-refractivity contribution in [2.24, 2.45) is 0 Å². The second-order valence-electron chi connectivity index (χ2n) is 6.19. The molecule has 0 radical (unpaired) electrons. The molecule has 0 aromatic heterocycles. The molecular formula is C16H20F4N2O2. The third-order valence-corrected chi connectivity index (χ3v) is 4.24. The maximum atomic E-state index is 13.9. The quantitative estimate of drug-likeness (QED) is 0.822. The molecular weight excluding hydrogens is 328 g/mol. The summed E-state index contributed by atoms with van der Waals surface area (Å²) >= 11 is 0. The average molecular weight is 348 g/mol. The number of amides is 2. The SMILES string of the molecule is CC(CNC(=O)N1CCC(F)(CO)C1)c1ccc(C(F)(F)F)cc1. The molecule has 24 heavy (non-hydrogen) atoms. The molecule has 2 N–H and O–H groups in total. The Labute approximate surface area is 137 Å². The Morgan fingerprint density at radius 1 is 1.38 bits per heavy atom. The van der Waals surface area contributed by atoms with Gasteiger partial charge in [0.1, 0.15) is 0 Å². The number of halogens is 4. The van der Waals surface area contributed by atoms with Gasteiger partial charge in [-0.05, 0) is 23.6 Å². The summed E-state index contributed by atoms with van der Waals surface area (Å²) in [4.78, 5) is 13.3. The Kier molecular flexibility index (Phi) is 5.37. The molecule has 1 aromatic carbocycles. The van der Waals surface area contributed by atoms with Crippen LogP contribution in [0, 0.1) is 0 Å². The molecule has 4 nitrogen and oxygen atoms in total. The van der Waals surface area contributed by atoms with Gasteiger partial charge in [0.25, 0.3) is 0 Å². The number of aliphatic hydroxyl groups excluding tert-OH is 1. The number of benzene rings is 1. The van der Waals surface area contributed by atoms with Crippen LogP contribution in [0.1, 0.15) is 30.4 Å². The van der Waals surface area contributed by atoms with E-state index >= 15 is 0 Å². The second-order valence-corrected chi connectivity index (χ2v) is 6.19. The molecule has 2 rings (SSSR count). The summed E-state index contributed by atoms with van der Waals surface area (Å²) in [6.07, 6.45) is -4.29. The number of carbonyl (C=O) groups is 1. The zero-order valence-electron chi connectivity index (χ0n) is 13.2. The summed E-state index contributed by atoms with van der Waals surface area (Å²) < 4.78 is 51.5. The van der Waals surface area contributed by atoms with E-state index in [4.69, 9.17) is 5.11 Å². The van der Waals surface area contributed by atoms with Gasteiger partial charge in [0, 0.05) is 19.5 Å². The second kappa shape index (κ2) is 6.96. The van der Waals surface area contributed by atoms with E-state index in [0.29, 0.717) is 5.56 Å². The van der Waals surface area contributed by atoms with Crippen LogP contribution in [0.5, 0.6) is 0 Å². The van der Waals surface area contributed by atoms with E-state index in [2.05, 4.69) is 5.32 Å². The van der Waals surface area contributed by atoms with Gasteiger partial charge in [-0.2, -0.15) is 13.2 Å². The van der Waals surface area contributed by atoms with E-state index in [1.165, 1.54) is 17.0 Å². The van der Waals surface area contributed by atoms with E-state index in [1.54, 1.807) is 6.92 Å². The molecule has 2 atom stereocenters. The van der Waals surface area contributed by atoms with Crippen LogP contribution in [0.25, 0.3) is 0 Å². The Hall–Kier alpha value is -1.83. The number of hydrogen-bond donors (Lipinski definition) is 2. The number of nitrogens with zero attached hydrogens (tertiary/aromatic N) is 1. The first-order chi connectivity index (χ1) is 11.1. The summed E-state index contributed by atoms with van der Waals surface area (Å²) in [6, 6.07) is 4.34. The van der Waals surface area contributed by atoms with E-state index in [9.17, 15) is 22.4 Å². The minimum atomic E-state index is -4.38. The third kappa shape index (κ3) is 4.37. The lowest BCUT2D eigenvalue weighted by molar-refractivity contribution is -0.137. The minimum absolute atomic E-state index is 0.0887. The van der Waals surface area contributed by atoms with Gasteiger partial charge in [-0.3, -0.25) is 0 Å². The summed E-state index contributed by atoms with van der Waals surface area (Å²) in [5.41, 5.74) is -1.81. The predicted octanol–water partition coefficient (Wildman–Crippen LogP) is 2.92. The van der Waals surface area contributed by atoms with Crippen LogP contribution in [0.2, 0.25) is 0 Å². The number of likely N-dealkylation sites (tertiary alicyclic amines) is 1. The van der Waals surface area contributed by atoms with Crippen molar-refractivity contribution >= 4 is 6.03 Å². The van der Waals surface area contributed by atoms with Gasteiger partial charge in [0.05, 0.1) is 18.7 Å². The molecule has 1 saturated heterocycles. The van der Waals surface area contributed by atoms with E-state index in [0.717, 1.165) is 12.1 Å². The third-order valence-electron chi connectivity index (χ3n) is 4.24. The smallest absolute Gasteiger partial charge is 0.393 e. The number of nitrogens with one attached hydrogen (secondary N) is 1. The number of carbonyl (C=O) groups excluding carboxylic acids is 1. The fraction of sp³-hybridized carbons (Fsp3) is 0.562. The van der Waals surface area contributed by atoms with Crippen molar-refractivity contribution in [2.75, 3.05) is 26.2 Å². The maximum absolute atomic E-state index is 13.9. The molecule has 134 valence electrons. The van der Waals surface area contributed by atoms with E-state index < -0.39 is 30.0 Å². The van der Waals surface area contributed by atoms with Gasteiger partial charge in [0.2, 0.25) is 0 Å². The fourth-order valence-electron chi connectivity index (χ4n) is 2.61. The summed E-state index contributed by atoms with van der Waals surface area (Å²) in [7, 11) is 0. The van der Waals surface area contributed by atoms with Crippen molar-refractivity contribution in [1.29, 1.82) is 0 Å². The van der Waals surface area contributed by atoms with Crippen molar-refractivity contribution in [3.63, 3.8) is 0 Å². The van der Waals surface area contributed by atoms with Crippen molar-refractivity contribution in [3.05, 3.63) is 35.4 Å². The topological polar surface area (TPSA) is 52.6 Å². The molecule has 1 aliphatic heterocycles. The monoisotopic (exact) mass is 348 g/mol. The summed E-state index contributed by atoms with van der Waals surface area (Å²) in [6.45, 7) is 1.43. The van der Waals surface area contributed by atoms with Crippen LogP contribution in [-0.2, 0) is 6.18 Å². The van der Waals surface area contributed by atoms with Crippen LogP contribution in [0.4, 0.5) is 22.4 Å². The minimum Gasteiger partial charge on any atom is -0.393 e. The standard InChI is InChI=1S/C16H20F4N2O2/c1-11(12-2-4-13(5-3-12)16(18,19)20)8-21-14(24)22-7-6-15(17,9-22)10-23/h2-5,11,23H,6-10H2,1H3,(H,21,24).